The van der Waals surface area contributed by atoms with Crippen LogP contribution in [0.15, 0.2) is 18.2 Å². The summed E-state index contributed by atoms with van der Waals surface area (Å²) in [4.78, 5) is 26.2. The average molecular weight is 383 g/mol. The van der Waals surface area contributed by atoms with Gasteiger partial charge in [-0.25, -0.2) is 4.79 Å². The van der Waals surface area contributed by atoms with Crippen LogP contribution in [0.25, 0.3) is 0 Å². The summed E-state index contributed by atoms with van der Waals surface area (Å²) in [6, 6.07) is 4.97. The Balaban J connectivity index is 1.95. The highest BCUT2D eigenvalue weighted by Gasteiger charge is 2.26. The maximum atomic E-state index is 12.3. The lowest BCUT2D eigenvalue weighted by atomic mass is 10.0. The van der Waals surface area contributed by atoms with E-state index in [0.29, 0.717) is 31.1 Å². The molecule has 6 nitrogen and oxygen atoms in total. The SMILES string of the molecule is COC(=O)C(NC(=O)CCN1Cc2cc(Cl)ccc2OC(C)C1)C(C)C. The molecule has 2 rings (SSSR count). The number of carbonyl (C=O) groups is 2. The third kappa shape index (κ3) is 5.61. The van der Waals surface area contributed by atoms with Crippen molar-refractivity contribution in [2.24, 2.45) is 5.92 Å². The lowest BCUT2D eigenvalue weighted by Gasteiger charge is -2.23. The number of nitrogens with zero attached hydrogens (tertiary/aromatic N) is 1. The Kier molecular flexibility index (Phi) is 7.29. The molecule has 2 unspecified atom stereocenters. The van der Waals surface area contributed by atoms with Gasteiger partial charge in [0.15, 0.2) is 0 Å². The average Bonchev–Trinajstić information content (AvgIpc) is 2.74. The van der Waals surface area contributed by atoms with E-state index in [9.17, 15) is 9.59 Å². The second-order valence-corrected chi connectivity index (χ2v) is 7.41. The summed E-state index contributed by atoms with van der Waals surface area (Å²) in [5.74, 6) is 0.207. The van der Waals surface area contributed by atoms with E-state index in [4.69, 9.17) is 21.1 Å². The van der Waals surface area contributed by atoms with Crippen LogP contribution in [0.5, 0.6) is 5.75 Å². The molecule has 1 amide bonds. The van der Waals surface area contributed by atoms with Crippen molar-refractivity contribution in [3.05, 3.63) is 28.8 Å². The van der Waals surface area contributed by atoms with Gasteiger partial charge in [0.05, 0.1) is 7.11 Å². The van der Waals surface area contributed by atoms with Crippen LogP contribution < -0.4 is 10.1 Å². The van der Waals surface area contributed by atoms with Crippen LogP contribution in [0.4, 0.5) is 0 Å². The van der Waals surface area contributed by atoms with Gasteiger partial charge in [-0.2, -0.15) is 0 Å². The zero-order chi connectivity index (χ0) is 19.3. The fraction of sp³-hybridized carbons (Fsp3) is 0.579. The molecule has 1 aliphatic heterocycles. The maximum absolute atomic E-state index is 12.3. The molecule has 0 aliphatic carbocycles. The van der Waals surface area contributed by atoms with Crippen LogP contribution in [0, 0.1) is 5.92 Å². The minimum atomic E-state index is -0.626. The van der Waals surface area contributed by atoms with Gasteiger partial charge < -0.3 is 14.8 Å². The predicted octanol–water partition coefficient (Wildman–Crippen LogP) is 2.63. The van der Waals surface area contributed by atoms with Crippen molar-refractivity contribution < 1.29 is 19.1 Å². The summed E-state index contributed by atoms with van der Waals surface area (Å²) >= 11 is 6.09. The number of rotatable bonds is 6. The highest BCUT2D eigenvalue weighted by atomic mass is 35.5. The molecule has 0 spiro atoms. The highest BCUT2D eigenvalue weighted by Crippen LogP contribution is 2.28. The first-order valence-electron chi connectivity index (χ1n) is 8.84. The van der Waals surface area contributed by atoms with Gasteiger partial charge in [0.1, 0.15) is 17.9 Å². The summed E-state index contributed by atoms with van der Waals surface area (Å²) in [5.41, 5.74) is 1.01. The Morgan fingerprint density at radius 3 is 2.81 bits per heavy atom. The van der Waals surface area contributed by atoms with Crippen molar-refractivity contribution in [3.63, 3.8) is 0 Å². The van der Waals surface area contributed by atoms with Crippen molar-refractivity contribution in [1.29, 1.82) is 0 Å². The van der Waals surface area contributed by atoms with Crippen molar-refractivity contribution >= 4 is 23.5 Å². The second kappa shape index (κ2) is 9.24. The minimum Gasteiger partial charge on any atom is -0.489 e. The summed E-state index contributed by atoms with van der Waals surface area (Å²) in [7, 11) is 1.32. The molecule has 1 heterocycles. The van der Waals surface area contributed by atoms with Gasteiger partial charge in [-0.15, -0.1) is 0 Å². The molecule has 0 bridgehead atoms. The van der Waals surface area contributed by atoms with Gasteiger partial charge in [-0.3, -0.25) is 9.69 Å². The van der Waals surface area contributed by atoms with Crippen LogP contribution in [0.2, 0.25) is 5.02 Å². The van der Waals surface area contributed by atoms with Gasteiger partial charge in [-0.1, -0.05) is 25.4 Å². The summed E-state index contributed by atoms with van der Waals surface area (Å²) in [5, 5.41) is 3.43. The predicted molar refractivity (Wildman–Crippen MR) is 100 cm³/mol. The number of hydrogen-bond donors (Lipinski definition) is 1. The number of halogens is 1. The Bertz CT molecular complexity index is 650. The Labute approximate surface area is 159 Å². The topological polar surface area (TPSA) is 67.9 Å². The number of ether oxygens (including phenoxy) is 2. The molecular formula is C19H27ClN2O4. The van der Waals surface area contributed by atoms with Crippen LogP contribution in [-0.4, -0.2) is 49.1 Å². The van der Waals surface area contributed by atoms with Gasteiger partial charge >= 0.3 is 5.97 Å². The molecule has 0 fully saturated rings. The molecule has 7 heteroatoms. The summed E-state index contributed by atoms with van der Waals surface area (Å²) in [6.45, 7) is 7.69. The molecule has 1 N–H and O–H groups in total. The molecule has 0 saturated heterocycles. The van der Waals surface area contributed by atoms with Gasteiger partial charge in [-0.05, 0) is 31.0 Å². The van der Waals surface area contributed by atoms with E-state index < -0.39 is 12.0 Å². The Morgan fingerprint density at radius 1 is 1.42 bits per heavy atom. The smallest absolute Gasteiger partial charge is 0.328 e. The molecular weight excluding hydrogens is 356 g/mol. The van der Waals surface area contributed by atoms with E-state index in [1.54, 1.807) is 0 Å². The van der Waals surface area contributed by atoms with Crippen LogP contribution in [-0.2, 0) is 20.9 Å². The van der Waals surface area contributed by atoms with Gasteiger partial charge in [0.2, 0.25) is 5.91 Å². The highest BCUT2D eigenvalue weighted by molar-refractivity contribution is 6.30. The van der Waals surface area contributed by atoms with E-state index in [-0.39, 0.29) is 17.9 Å². The zero-order valence-electron chi connectivity index (χ0n) is 15.8. The quantitative estimate of drug-likeness (QED) is 0.766. The molecule has 144 valence electrons. The number of carbonyl (C=O) groups excluding carboxylic acids is 2. The monoisotopic (exact) mass is 382 g/mol. The molecule has 0 aromatic heterocycles. The number of fused-ring (bicyclic) bond motifs is 1. The van der Waals surface area contributed by atoms with Crippen LogP contribution in [0.1, 0.15) is 32.8 Å². The second-order valence-electron chi connectivity index (χ2n) is 6.98. The lowest BCUT2D eigenvalue weighted by Crippen LogP contribution is -2.46. The van der Waals surface area contributed by atoms with E-state index in [1.807, 2.05) is 39.0 Å². The summed E-state index contributed by atoms with van der Waals surface area (Å²) < 4.78 is 10.7. The number of benzene rings is 1. The largest absolute Gasteiger partial charge is 0.489 e. The molecule has 2 atom stereocenters. The fourth-order valence-corrected chi connectivity index (χ4v) is 3.20. The Hall–Kier alpha value is -1.79. The van der Waals surface area contributed by atoms with Gasteiger partial charge in [0.25, 0.3) is 0 Å². The molecule has 1 aliphatic rings. The number of hydrogen-bond acceptors (Lipinski definition) is 5. The van der Waals surface area contributed by atoms with E-state index >= 15 is 0 Å². The third-order valence-electron chi connectivity index (χ3n) is 4.35. The molecule has 0 radical (unpaired) electrons. The first-order valence-corrected chi connectivity index (χ1v) is 9.22. The van der Waals surface area contributed by atoms with Crippen molar-refractivity contribution in [2.75, 3.05) is 20.2 Å². The van der Waals surface area contributed by atoms with Crippen molar-refractivity contribution in [3.8, 4) is 5.75 Å². The van der Waals surface area contributed by atoms with Gasteiger partial charge in [0, 0.05) is 36.6 Å². The number of amides is 1. The van der Waals surface area contributed by atoms with E-state index in [1.165, 1.54) is 7.11 Å². The number of esters is 1. The first kappa shape index (κ1) is 20.5. The van der Waals surface area contributed by atoms with Crippen LogP contribution >= 0.6 is 11.6 Å². The standard InChI is InChI=1S/C19H27ClN2O4/c1-12(2)18(19(24)25-4)21-17(23)7-8-22-10-13(3)26-16-6-5-15(20)9-14(16)11-22/h5-6,9,12-13,18H,7-8,10-11H2,1-4H3,(H,21,23). The normalized spacial score (nSPS) is 18.5. The minimum absolute atomic E-state index is 0.0129. The summed E-state index contributed by atoms with van der Waals surface area (Å²) in [6.07, 6.45) is 0.307. The van der Waals surface area contributed by atoms with Crippen LogP contribution in [0.3, 0.4) is 0 Å². The lowest BCUT2D eigenvalue weighted by molar-refractivity contribution is -0.146. The van der Waals surface area contributed by atoms with E-state index in [2.05, 4.69) is 10.2 Å². The molecule has 26 heavy (non-hydrogen) atoms. The molecule has 0 saturated carbocycles. The number of nitrogens with one attached hydrogen (secondary N) is 1. The van der Waals surface area contributed by atoms with Crippen molar-refractivity contribution in [2.45, 2.75) is 45.9 Å². The van der Waals surface area contributed by atoms with Crippen molar-refractivity contribution in [1.82, 2.24) is 10.2 Å². The zero-order valence-corrected chi connectivity index (χ0v) is 16.5. The molecule has 1 aromatic carbocycles. The maximum Gasteiger partial charge on any atom is 0.328 e. The van der Waals surface area contributed by atoms with E-state index in [0.717, 1.165) is 11.3 Å². The fourth-order valence-electron chi connectivity index (χ4n) is 3.01. The number of methoxy groups -OCH3 is 1. The third-order valence-corrected chi connectivity index (χ3v) is 4.59. The molecule has 1 aromatic rings. The Morgan fingerprint density at radius 2 is 2.15 bits per heavy atom. The first-order chi connectivity index (χ1) is 12.3.